The molecule has 3 aromatic carbocycles. The van der Waals surface area contributed by atoms with Crippen LogP contribution in [-0.2, 0) is 6.32 Å². The van der Waals surface area contributed by atoms with Gasteiger partial charge in [-0.05, 0) is 28.7 Å². The Labute approximate surface area is 125 Å². The predicted octanol–water partition coefficient (Wildman–Crippen LogP) is 4.59. The van der Waals surface area contributed by atoms with Gasteiger partial charge in [-0.25, -0.2) is 0 Å². The lowest BCUT2D eigenvalue weighted by Crippen LogP contribution is -2.28. The van der Waals surface area contributed by atoms with Crippen LogP contribution in [0.3, 0.4) is 0 Å². The van der Waals surface area contributed by atoms with Gasteiger partial charge in [-0.3, -0.25) is 0 Å². The summed E-state index contributed by atoms with van der Waals surface area (Å²) in [4.78, 5) is 0. The van der Waals surface area contributed by atoms with E-state index < -0.39 is 0 Å². The SMILES string of the molecule is C1=Cc2ccccc2NB1Cc1ccc2ccccc2c1. The summed E-state index contributed by atoms with van der Waals surface area (Å²) in [5.41, 5.74) is 3.87. The van der Waals surface area contributed by atoms with Crippen molar-refractivity contribution in [1.29, 1.82) is 0 Å². The van der Waals surface area contributed by atoms with E-state index in [1.54, 1.807) is 0 Å². The van der Waals surface area contributed by atoms with Crippen LogP contribution in [0.5, 0.6) is 0 Å². The van der Waals surface area contributed by atoms with Crippen molar-refractivity contribution in [3.63, 3.8) is 0 Å². The third-order valence-electron chi connectivity index (χ3n) is 4.08. The molecule has 4 rings (SSSR count). The van der Waals surface area contributed by atoms with E-state index in [-0.39, 0.29) is 0 Å². The highest BCUT2D eigenvalue weighted by Gasteiger charge is 2.16. The Kier molecular flexibility index (Phi) is 3.00. The molecule has 0 fully saturated rings. The van der Waals surface area contributed by atoms with Gasteiger partial charge in [-0.2, -0.15) is 0 Å². The van der Waals surface area contributed by atoms with E-state index in [2.05, 4.69) is 84.0 Å². The van der Waals surface area contributed by atoms with Crippen LogP contribution in [0.15, 0.2) is 72.7 Å². The first kappa shape index (κ1) is 12.3. The van der Waals surface area contributed by atoms with E-state index in [0.29, 0.717) is 6.85 Å². The fourth-order valence-electron chi connectivity index (χ4n) is 2.98. The number of benzene rings is 3. The Hall–Kier alpha value is -2.48. The number of nitrogens with one attached hydrogen (secondary N) is 1. The minimum absolute atomic E-state index is 0.362. The lowest BCUT2D eigenvalue weighted by atomic mass is 9.56. The Balaban J connectivity index is 1.58. The van der Waals surface area contributed by atoms with Crippen LogP contribution >= 0.6 is 0 Å². The monoisotopic (exact) mass is 269 g/mol. The van der Waals surface area contributed by atoms with Crippen molar-refractivity contribution in [1.82, 2.24) is 0 Å². The van der Waals surface area contributed by atoms with E-state index in [1.165, 1.54) is 27.6 Å². The number of para-hydroxylation sites is 1. The second kappa shape index (κ2) is 5.14. The summed E-state index contributed by atoms with van der Waals surface area (Å²) in [5, 5.41) is 6.23. The zero-order chi connectivity index (χ0) is 14.1. The lowest BCUT2D eigenvalue weighted by Gasteiger charge is -2.19. The number of hydrogen-bond acceptors (Lipinski definition) is 1. The predicted molar refractivity (Wildman–Crippen MR) is 92.5 cm³/mol. The van der Waals surface area contributed by atoms with E-state index >= 15 is 0 Å². The highest BCUT2D eigenvalue weighted by molar-refractivity contribution is 6.68. The third kappa shape index (κ3) is 2.45. The van der Waals surface area contributed by atoms with Crippen molar-refractivity contribution < 1.29 is 0 Å². The fourth-order valence-corrected chi connectivity index (χ4v) is 2.98. The van der Waals surface area contributed by atoms with Crippen molar-refractivity contribution >= 4 is 29.4 Å². The van der Waals surface area contributed by atoms with E-state index in [9.17, 15) is 0 Å². The van der Waals surface area contributed by atoms with Gasteiger partial charge >= 0.3 is 0 Å². The van der Waals surface area contributed by atoms with Crippen molar-refractivity contribution in [3.8, 4) is 0 Å². The van der Waals surface area contributed by atoms with Crippen LogP contribution in [0.2, 0.25) is 0 Å². The zero-order valence-electron chi connectivity index (χ0n) is 11.8. The molecule has 1 aliphatic heterocycles. The van der Waals surface area contributed by atoms with Gasteiger partial charge in [0.15, 0.2) is 0 Å². The first-order valence-corrected chi connectivity index (χ1v) is 7.40. The minimum atomic E-state index is 0.362. The number of fused-ring (bicyclic) bond motifs is 2. The van der Waals surface area contributed by atoms with E-state index in [0.717, 1.165) is 6.32 Å². The molecule has 21 heavy (non-hydrogen) atoms. The quantitative estimate of drug-likeness (QED) is 0.671. The van der Waals surface area contributed by atoms with E-state index in [4.69, 9.17) is 0 Å². The van der Waals surface area contributed by atoms with Gasteiger partial charge in [-0.1, -0.05) is 78.3 Å². The Morgan fingerprint density at radius 3 is 2.57 bits per heavy atom. The summed E-state index contributed by atoms with van der Waals surface area (Å²) in [6.07, 6.45) is 3.23. The first-order valence-electron chi connectivity index (χ1n) is 7.40. The van der Waals surface area contributed by atoms with Crippen LogP contribution in [0.25, 0.3) is 16.8 Å². The molecule has 1 aliphatic rings. The van der Waals surface area contributed by atoms with Gasteiger partial charge in [0, 0.05) is 5.69 Å². The molecule has 3 aromatic rings. The van der Waals surface area contributed by atoms with Gasteiger partial charge in [0.25, 0.3) is 6.85 Å². The molecule has 2 heteroatoms. The van der Waals surface area contributed by atoms with Crippen LogP contribution in [0, 0.1) is 0 Å². The fraction of sp³-hybridized carbons (Fsp3) is 0.0526. The molecule has 0 aliphatic carbocycles. The van der Waals surface area contributed by atoms with Gasteiger partial charge < -0.3 is 5.23 Å². The molecule has 0 unspecified atom stereocenters. The summed E-state index contributed by atoms with van der Waals surface area (Å²) < 4.78 is 0. The number of anilines is 1. The van der Waals surface area contributed by atoms with Crippen molar-refractivity contribution in [2.45, 2.75) is 6.32 Å². The lowest BCUT2D eigenvalue weighted by molar-refractivity contribution is 1.37. The molecule has 0 radical (unpaired) electrons. The standard InChI is InChI=1S/C19H16BN/c1-2-7-18-13-15(9-10-16(18)5-1)14-20-12-11-17-6-3-4-8-19(17)21-20/h1-13,21H,14H2. The van der Waals surface area contributed by atoms with Crippen LogP contribution in [0.1, 0.15) is 11.1 Å². The van der Waals surface area contributed by atoms with E-state index in [1.807, 2.05) is 0 Å². The largest absolute Gasteiger partial charge is 0.424 e. The average Bonchev–Trinajstić information content (AvgIpc) is 2.55. The second-order valence-electron chi connectivity index (χ2n) is 5.58. The van der Waals surface area contributed by atoms with Gasteiger partial charge in [0.05, 0.1) is 0 Å². The molecule has 100 valence electrons. The van der Waals surface area contributed by atoms with Crippen LogP contribution in [-0.4, -0.2) is 6.85 Å². The van der Waals surface area contributed by atoms with Gasteiger partial charge in [0.2, 0.25) is 0 Å². The molecule has 0 amide bonds. The Morgan fingerprint density at radius 2 is 1.62 bits per heavy atom. The first-order chi connectivity index (χ1) is 10.4. The number of hydrogen-bond donors (Lipinski definition) is 1. The smallest absolute Gasteiger partial charge is 0.283 e. The third-order valence-corrected chi connectivity index (χ3v) is 4.08. The second-order valence-corrected chi connectivity index (χ2v) is 5.58. The zero-order valence-corrected chi connectivity index (χ0v) is 11.8. The number of rotatable bonds is 2. The highest BCUT2D eigenvalue weighted by atomic mass is 14.8. The molecular weight excluding hydrogens is 253 g/mol. The molecular formula is C19H16BN. The van der Waals surface area contributed by atoms with Gasteiger partial charge in [-0.15, -0.1) is 0 Å². The Morgan fingerprint density at radius 1 is 0.810 bits per heavy atom. The molecule has 1 nitrogen and oxygen atoms in total. The summed E-state index contributed by atoms with van der Waals surface area (Å²) in [5.74, 6) is 2.26. The topological polar surface area (TPSA) is 12.0 Å². The van der Waals surface area contributed by atoms with Crippen LogP contribution in [0.4, 0.5) is 5.69 Å². The molecule has 0 spiro atoms. The highest BCUT2D eigenvalue weighted by Crippen LogP contribution is 2.23. The molecule has 0 atom stereocenters. The average molecular weight is 269 g/mol. The summed E-state index contributed by atoms with van der Waals surface area (Å²) in [6, 6.07) is 23.7. The summed E-state index contributed by atoms with van der Waals surface area (Å²) >= 11 is 0. The summed E-state index contributed by atoms with van der Waals surface area (Å²) in [6.45, 7) is 0.362. The molecule has 0 saturated carbocycles. The molecule has 1 N–H and O–H groups in total. The van der Waals surface area contributed by atoms with Crippen molar-refractivity contribution in [2.24, 2.45) is 0 Å². The molecule has 0 aromatic heterocycles. The Bertz CT molecular complexity index is 822. The van der Waals surface area contributed by atoms with Crippen molar-refractivity contribution in [2.75, 3.05) is 5.23 Å². The maximum atomic E-state index is 3.61. The normalized spacial score (nSPS) is 13.0. The van der Waals surface area contributed by atoms with Crippen molar-refractivity contribution in [3.05, 3.63) is 83.8 Å². The minimum Gasteiger partial charge on any atom is -0.424 e. The summed E-state index contributed by atoms with van der Waals surface area (Å²) in [7, 11) is 0. The van der Waals surface area contributed by atoms with Crippen LogP contribution < -0.4 is 5.23 Å². The van der Waals surface area contributed by atoms with Gasteiger partial charge in [0.1, 0.15) is 0 Å². The molecule has 1 heterocycles. The maximum Gasteiger partial charge on any atom is 0.283 e. The maximum absolute atomic E-state index is 3.61. The molecule has 0 saturated heterocycles. The molecule has 0 bridgehead atoms.